The third kappa shape index (κ3) is 18.8. The Hall–Kier alpha value is -0.900. The Morgan fingerprint density at radius 3 is 1.79 bits per heavy atom. The number of hydrogen-bond donors (Lipinski definition) is 1. The van der Waals surface area contributed by atoms with Gasteiger partial charge in [0.2, 0.25) is 0 Å². The maximum Gasteiger partial charge on any atom is 0.313 e. The second-order valence-corrected chi connectivity index (χ2v) is 8.71. The van der Waals surface area contributed by atoms with Crippen LogP contribution in [0.2, 0.25) is 0 Å². The maximum absolute atomic E-state index is 12.2. The fraction of sp³-hybridized carbons (Fsp3) is 0.920. The quantitative estimate of drug-likeness (QED) is 0.128. The zero-order valence-corrected chi connectivity index (χ0v) is 19.6. The average molecular weight is 413 g/mol. The topological polar surface area (TPSA) is 63.6 Å². The van der Waals surface area contributed by atoms with Gasteiger partial charge in [0.1, 0.15) is 12.2 Å². The molecule has 0 aliphatic heterocycles. The molecule has 1 N–H and O–H groups in total. The number of hydrogen-bond acceptors (Lipinski definition) is 4. The Bertz CT molecular complexity index is 394. The molecule has 0 amide bonds. The van der Waals surface area contributed by atoms with E-state index >= 15 is 0 Å². The Morgan fingerprint density at radius 1 is 0.724 bits per heavy atom. The van der Waals surface area contributed by atoms with Crippen molar-refractivity contribution in [2.75, 3.05) is 7.11 Å². The molecule has 4 heteroatoms. The van der Waals surface area contributed by atoms with E-state index in [0.29, 0.717) is 6.42 Å². The van der Waals surface area contributed by atoms with Gasteiger partial charge in [-0.25, -0.2) is 0 Å². The molecule has 29 heavy (non-hydrogen) atoms. The summed E-state index contributed by atoms with van der Waals surface area (Å²) in [5.41, 5.74) is 0. The molecule has 0 saturated carbocycles. The van der Waals surface area contributed by atoms with Gasteiger partial charge in [-0.15, -0.1) is 0 Å². The van der Waals surface area contributed by atoms with Crippen molar-refractivity contribution >= 4 is 11.8 Å². The molecule has 0 fully saturated rings. The number of rotatable bonds is 21. The number of ether oxygens (including phenoxy) is 1. The van der Waals surface area contributed by atoms with Crippen LogP contribution in [0.1, 0.15) is 129 Å². The van der Waals surface area contributed by atoms with Crippen LogP contribution in [-0.2, 0) is 14.3 Å². The van der Waals surface area contributed by atoms with Gasteiger partial charge in [0.15, 0.2) is 0 Å². The minimum atomic E-state index is -0.447. The summed E-state index contributed by atoms with van der Waals surface area (Å²) in [6.07, 6.45) is 18.5. The minimum absolute atomic E-state index is 0.0288. The summed E-state index contributed by atoms with van der Waals surface area (Å²) >= 11 is 0. The van der Waals surface area contributed by atoms with Crippen LogP contribution in [0.15, 0.2) is 0 Å². The molecule has 0 rings (SSSR count). The third-order valence-electron chi connectivity index (χ3n) is 5.85. The van der Waals surface area contributed by atoms with Crippen LogP contribution in [0, 0.1) is 5.92 Å². The normalized spacial score (nSPS) is 13.2. The molecule has 4 nitrogen and oxygen atoms in total. The third-order valence-corrected chi connectivity index (χ3v) is 5.85. The fourth-order valence-corrected chi connectivity index (χ4v) is 3.92. The molecular weight excluding hydrogens is 364 g/mol. The first kappa shape index (κ1) is 28.1. The van der Waals surface area contributed by atoms with E-state index in [9.17, 15) is 14.7 Å². The highest BCUT2D eigenvalue weighted by Crippen LogP contribution is 2.23. The molecule has 0 aromatic carbocycles. The summed E-state index contributed by atoms with van der Waals surface area (Å²) in [5, 5.41) is 10.3. The van der Waals surface area contributed by atoms with Crippen LogP contribution in [-0.4, -0.2) is 30.1 Å². The predicted molar refractivity (Wildman–Crippen MR) is 121 cm³/mol. The Balaban J connectivity index is 4.22. The number of carbonyl (C=O) groups excluding carboxylic acids is 2. The van der Waals surface area contributed by atoms with E-state index in [0.717, 1.165) is 38.5 Å². The van der Waals surface area contributed by atoms with Crippen molar-refractivity contribution in [3.63, 3.8) is 0 Å². The Kier molecular flexibility index (Phi) is 19.7. The van der Waals surface area contributed by atoms with Crippen molar-refractivity contribution in [2.45, 2.75) is 136 Å². The number of unbranched alkanes of at least 4 members (excludes halogenated alkanes) is 10. The van der Waals surface area contributed by atoms with Crippen molar-refractivity contribution in [3.8, 4) is 0 Å². The smallest absolute Gasteiger partial charge is 0.313 e. The molecule has 0 spiro atoms. The maximum atomic E-state index is 12.2. The molecule has 172 valence electrons. The van der Waals surface area contributed by atoms with Gasteiger partial charge in [0.05, 0.1) is 13.2 Å². The molecule has 0 aliphatic rings. The van der Waals surface area contributed by atoms with Crippen LogP contribution < -0.4 is 0 Å². The second-order valence-electron chi connectivity index (χ2n) is 8.71. The van der Waals surface area contributed by atoms with Gasteiger partial charge in [0, 0.05) is 6.42 Å². The van der Waals surface area contributed by atoms with Crippen LogP contribution in [0.25, 0.3) is 0 Å². The van der Waals surface area contributed by atoms with Crippen molar-refractivity contribution in [1.82, 2.24) is 0 Å². The second kappa shape index (κ2) is 20.4. The zero-order chi connectivity index (χ0) is 21.7. The Labute approximate surface area is 180 Å². The molecular formula is C25H48O4. The lowest BCUT2D eigenvalue weighted by molar-refractivity contribution is -0.143. The number of methoxy groups -OCH3 is 1. The lowest BCUT2D eigenvalue weighted by Gasteiger charge is -2.18. The summed E-state index contributed by atoms with van der Waals surface area (Å²) in [6, 6.07) is 0. The van der Waals surface area contributed by atoms with E-state index in [1.165, 1.54) is 71.3 Å². The van der Waals surface area contributed by atoms with Crippen LogP contribution in [0.5, 0.6) is 0 Å². The van der Waals surface area contributed by atoms with Gasteiger partial charge in [-0.2, -0.15) is 0 Å². The van der Waals surface area contributed by atoms with Gasteiger partial charge in [-0.05, 0) is 25.2 Å². The number of ketones is 1. The van der Waals surface area contributed by atoms with E-state index in [1.54, 1.807) is 0 Å². The molecule has 0 bridgehead atoms. The van der Waals surface area contributed by atoms with Crippen molar-refractivity contribution < 1.29 is 19.4 Å². The molecule has 0 saturated heterocycles. The molecule has 2 atom stereocenters. The minimum Gasteiger partial charge on any atom is -0.469 e. The van der Waals surface area contributed by atoms with Gasteiger partial charge >= 0.3 is 5.97 Å². The number of Topliss-reactive ketones (excluding diaryl/α,β-unsaturated/α-hetero) is 1. The molecule has 0 aliphatic carbocycles. The van der Waals surface area contributed by atoms with E-state index in [1.807, 2.05) is 0 Å². The molecule has 0 aromatic heterocycles. The number of aliphatic hydroxyl groups excluding tert-OH is 1. The lowest BCUT2D eigenvalue weighted by atomic mass is 9.88. The fourth-order valence-electron chi connectivity index (χ4n) is 3.92. The highest BCUT2D eigenvalue weighted by atomic mass is 16.5. The SMILES string of the molecule is CCCCCCCCCC(CCC(O)CCCCCCC)CC(=O)CC(=O)OC. The zero-order valence-electron chi connectivity index (χ0n) is 19.6. The van der Waals surface area contributed by atoms with Crippen LogP contribution in [0.4, 0.5) is 0 Å². The van der Waals surface area contributed by atoms with E-state index in [-0.39, 0.29) is 24.2 Å². The average Bonchev–Trinajstić information content (AvgIpc) is 2.70. The van der Waals surface area contributed by atoms with Gasteiger partial charge in [0.25, 0.3) is 0 Å². The van der Waals surface area contributed by atoms with E-state index in [4.69, 9.17) is 0 Å². The van der Waals surface area contributed by atoms with E-state index in [2.05, 4.69) is 18.6 Å². The summed E-state index contributed by atoms with van der Waals surface area (Å²) < 4.78 is 4.62. The predicted octanol–water partition coefficient (Wildman–Crippen LogP) is 6.77. The van der Waals surface area contributed by atoms with Crippen LogP contribution in [0.3, 0.4) is 0 Å². The molecule has 2 unspecified atom stereocenters. The Morgan fingerprint density at radius 2 is 1.24 bits per heavy atom. The lowest BCUT2D eigenvalue weighted by Crippen LogP contribution is -2.16. The number of aliphatic hydroxyl groups is 1. The molecule has 0 heterocycles. The first-order valence-corrected chi connectivity index (χ1v) is 12.3. The first-order valence-electron chi connectivity index (χ1n) is 12.3. The highest BCUT2D eigenvalue weighted by Gasteiger charge is 2.18. The number of carbonyl (C=O) groups is 2. The summed E-state index contributed by atoms with van der Waals surface area (Å²) in [4.78, 5) is 23.5. The van der Waals surface area contributed by atoms with Gasteiger partial charge in [-0.3, -0.25) is 9.59 Å². The van der Waals surface area contributed by atoms with Gasteiger partial charge < -0.3 is 9.84 Å². The largest absolute Gasteiger partial charge is 0.469 e. The summed E-state index contributed by atoms with van der Waals surface area (Å²) in [5.74, 6) is -0.201. The number of esters is 1. The standard InChI is InChI=1S/C25H48O4/c1-4-6-8-10-11-13-14-16-22(20-24(27)21-25(28)29-3)18-19-23(26)17-15-12-9-7-5-2/h22-23,26H,4-21H2,1-3H3. The highest BCUT2D eigenvalue weighted by molar-refractivity contribution is 5.95. The van der Waals surface area contributed by atoms with E-state index < -0.39 is 5.97 Å². The van der Waals surface area contributed by atoms with Gasteiger partial charge in [-0.1, -0.05) is 97.3 Å². The first-order chi connectivity index (χ1) is 14.0. The molecule has 0 aromatic rings. The van der Waals surface area contributed by atoms with Crippen molar-refractivity contribution in [1.29, 1.82) is 0 Å². The summed E-state index contributed by atoms with van der Waals surface area (Å²) in [7, 11) is 1.32. The summed E-state index contributed by atoms with van der Waals surface area (Å²) in [6.45, 7) is 4.44. The van der Waals surface area contributed by atoms with Crippen LogP contribution >= 0.6 is 0 Å². The molecule has 0 radical (unpaired) electrons. The van der Waals surface area contributed by atoms with Crippen molar-refractivity contribution in [2.24, 2.45) is 5.92 Å². The van der Waals surface area contributed by atoms with Crippen molar-refractivity contribution in [3.05, 3.63) is 0 Å². The monoisotopic (exact) mass is 412 g/mol.